The molecule has 0 heterocycles. The summed E-state index contributed by atoms with van der Waals surface area (Å²) in [6.07, 6.45) is -1.75. The maximum atomic E-state index is 11.8. The van der Waals surface area contributed by atoms with Crippen molar-refractivity contribution in [2.75, 3.05) is 0 Å². The van der Waals surface area contributed by atoms with E-state index < -0.39 is 23.5 Å². The average Bonchev–Trinajstić information content (AvgIpc) is 3.58. The number of rotatable bonds is 1. The molecule has 0 radical (unpaired) electrons. The van der Waals surface area contributed by atoms with Gasteiger partial charge in [0.25, 0.3) is 0 Å². The minimum absolute atomic E-state index is 0.539. The second-order valence-corrected chi connectivity index (χ2v) is 10.3. The first kappa shape index (κ1) is 37.9. The second-order valence-electron chi connectivity index (χ2n) is 10.3. The molecule has 0 amide bonds. The van der Waals surface area contributed by atoms with E-state index in [0.29, 0.717) is 11.8 Å². The van der Waals surface area contributed by atoms with Crippen LogP contribution in [-0.2, 0) is 43.0 Å². The van der Waals surface area contributed by atoms with Crippen molar-refractivity contribution in [2.45, 2.75) is 46.5 Å². The van der Waals surface area contributed by atoms with Gasteiger partial charge < -0.3 is 0 Å². The molecule has 0 saturated heterocycles. The molecule has 4 aromatic carbocycles. The molecule has 0 aromatic heterocycles. The minimum Gasteiger partial charge on any atom is -0.179 e. The predicted octanol–water partition coefficient (Wildman–Crippen LogP) is 11.0. The first-order valence-corrected chi connectivity index (χ1v) is 15.8. The summed E-state index contributed by atoms with van der Waals surface area (Å²) in [5, 5.41) is 0. The zero-order valence-electron chi connectivity index (χ0n) is 25.6. The molecular weight excluding hydrogens is 662 g/mol. The third-order valence-corrected chi connectivity index (χ3v) is 6.61. The Hall–Kier alpha value is -3.31. The Morgan fingerprint density at radius 1 is 0.756 bits per heavy atom. The molecule has 2 aliphatic carbocycles. The maximum absolute atomic E-state index is 11.8. The molecule has 0 bridgehead atoms. The minimum atomic E-state index is -4.24. The zero-order valence-corrected chi connectivity index (χ0v) is 28.0. The first-order chi connectivity index (χ1) is 21.3. The van der Waals surface area contributed by atoms with Gasteiger partial charge in [-0.3, -0.25) is 6.08 Å². The smallest absolute Gasteiger partial charge is 0.0253 e. The summed E-state index contributed by atoms with van der Waals surface area (Å²) in [7, 11) is 0. The van der Waals surface area contributed by atoms with E-state index >= 15 is 0 Å². The van der Waals surface area contributed by atoms with Crippen LogP contribution in [0, 0.1) is 36.1 Å². The van der Waals surface area contributed by atoms with Gasteiger partial charge in [-0.1, -0.05) is 86.1 Å². The van der Waals surface area contributed by atoms with Gasteiger partial charge in [-0.05, 0) is 6.42 Å². The Kier molecular flexibility index (Phi) is 15.1. The standard InChI is InChI=1S/C13H9.C10H15.2C7H4F3.CH2.Zr/c1-3-7-12-10(5-1)9-11-6-2-4-8-13(11)12;1-7(2)10-6-8(3)5-9(10)4;2*8-7(9,10)6-4-2-1-3-5-6;;/h1-5,7-8H,9H2;6-8H,1-4H3;2*1-2,4-5H;1H2;/q4*-1;;. The Labute approximate surface area is 277 Å². The van der Waals surface area contributed by atoms with E-state index in [9.17, 15) is 26.3 Å². The molecule has 0 nitrogen and oxygen atoms in total. The predicted molar refractivity (Wildman–Crippen MR) is 166 cm³/mol. The number of hydrogen-bond acceptors (Lipinski definition) is 0. The van der Waals surface area contributed by atoms with Gasteiger partial charge in [0.1, 0.15) is 0 Å². The molecule has 0 spiro atoms. The van der Waals surface area contributed by atoms with Gasteiger partial charge in [-0.25, -0.2) is 5.57 Å². The molecule has 1 atom stereocenters. The SMILES string of the molecule is CC1=[C-]C(C)C=C1C(C)C.FC(F)(F)c1c[c-]ccc1.FC(F)(F)c1c[c-]ccc1.[CH2]=[Zr].[c-]1cccc2c1Cc1ccccc1-2. The molecule has 45 heavy (non-hydrogen) atoms. The van der Waals surface area contributed by atoms with Crippen LogP contribution in [0.15, 0.2) is 108 Å². The molecule has 0 fully saturated rings. The van der Waals surface area contributed by atoms with Crippen LogP contribution < -0.4 is 0 Å². The van der Waals surface area contributed by atoms with E-state index in [-0.39, 0.29) is 0 Å². The summed E-state index contributed by atoms with van der Waals surface area (Å²) in [4.78, 5) is 0. The summed E-state index contributed by atoms with van der Waals surface area (Å²) in [5.41, 5.74) is 7.02. The summed E-state index contributed by atoms with van der Waals surface area (Å²) < 4.78 is 73.9. The third-order valence-electron chi connectivity index (χ3n) is 6.61. The average molecular weight is 696 g/mol. The molecule has 2 aliphatic rings. The molecule has 0 N–H and O–H groups in total. The molecule has 0 saturated carbocycles. The molecule has 236 valence electrons. The van der Waals surface area contributed by atoms with Gasteiger partial charge in [0.15, 0.2) is 0 Å². The Bertz CT molecular complexity index is 1420. The molecular formula is C38H34F6Zr-4. The Morgan fingerprint density at radius 3 is 1.67 bits per heavy atom. The summed E-state index contributed by atoms with van der Waals surface area (Å²) in [5.74, 6) is 1.20. The largest absolute Gasteiger partial charge is 0.179 e. The fourth-order valence-corrected chi connectivity index (χ4v) is 4.62. The van der Waals surface area contributed by atoms with E-state index in [1.165, 1.54) is 81.9 Å². The number of fused-ring (bicyclic) bond motifs is 3. The van der Waals surface area contributed by atoms with E-state index in [4.69, 9.17) is 0 Å². The number of halogens is 6. The van der Waals surface area contributed by atoms with Gasteiger partial charge in [-0.2, -0.15) is 128 Å². The Morgan fingerprint density at radius 2 is 1.27 bits per heavy atom. The van der Waals surface area contributed by atoms with E-state index in [1.54, 1.807) is 0 Å². The van der Waals surface area contributed by atoms with Crippen LogP contribution in [0.3, 0.4) is 0 Å². The van der Waals surface area contributed by atoms with Crippen LogP contribution in [0.25, 0.3) is 11.1 Å². The summed E-state index contributed by atoms with van der Waals surface area (Å²) >= 11 is 1.30. The molecule has 4 aromatic rings. The molecule has 7 heteroatoms. The van der Waals surface area contributed by atoms with Gasteiger partial charge in [0.05, 0.1) is 0 Å². The fourth-order valence-electron chi connectivity index (χ4n) is 4.62. The van der Waals surface area contributed by atoms with Gasteiger partial charge in [0, 0.05) is 0 Å². The van der Waals surface area contributed by atoms with Crippen molar-refractivity contribution in [2.24, 2.45) is 11.8 Å². The van der Waals surface area contributed by atoms with Crippen molar-refractivity contribution >= 4 is 4.21 Å². The number of allylic oxidation sites excluding steroid dienone is 4. The van der Waals surface area contributed by atoms with Crippen molar-refractivity contribution in [1.82, 2.24) is 0 Å². The van der Waals surface area contributed by atoms with Gasteiger partial charge >= 0.3 is 40.8 Å². The van der Waals surface area contributed by atoms with Crippen LogP contribution >= 0.6 is 0 Å². The first-order valence-electron chi connectivity index (χ1n) is 14.1. The van der Waals surface area contributed by atoms with Crippen molar-refractivity contribution in [3.8, 4) is 11.1 Å². The van der Waals surface area contributed by atoms with E-state index in [0.717, 1.165) is 30.7 Å². The molecule has 0 aliphatic heterocycles. The Balaban J connectivity index is 0.000000207. The van der Waals surface area contributed by atoms with Crippen LogP contribution in [-0.4, -0.2) is 4.21 Å². The topological polar surface area (TPSA) is 0 Å². The molecule has 6 rings (SSSR count). The van der Waals surface area contributed by atoms with Crippen LogP contribution in [0.1, 0.15) is 49.9 Å². The van der Waals surface area contributed by atoms with Crippen molar-refractivity contribution < 1.29 is 50.6 Å². The number of benzene rings is 4. The van der Waals surface area contributed by atoms with Crippen LogP contribution in [0.2, 0.25) is 0 Å². The number of alkyl halides is 6. The van der Waals surface area contributed by atoms with E-state index in [1.807, 2.05) is 6.07 Å². The van der Waals surface area contributed by atoms with Crippen LogP contribution in [0.5, 0.6) is 0 Å². The zero-order chi connectivity index (χ0) is 33.6. The quantitative estimate of drug-likeness (QED) is 0.121. The summed E-state index contributed by atoms with van der Waals surface area (Å²) in [6, 6.07) is 32.1. The molecule has 1 unspecified atom stereocenters. The van der Waals surface area contributed by atoms with Crippen molar-refractivity contribution in [3.05, 3.63) is 155 Å². The van der Waals surface area contributed by atoms with E-state index in [2.05, 4.69) is 98.7 Å². The third kappa shape index (κ3) is 12.2. The van der Waals surface area contributed by atoms with Crippen molar-refractivity contribution in [1.29, 1.82) is 0 Å². The summed E-state index contributed by atoms with van der Waals surface area (Å²) in [6.45, 7) is 8.79. The fraction of sp³-hybridized carbons (Fsp3) is 0.237. The number of hydrogen-bond donors (Lipinski definition) is 0. The van der Waals surface area contributed by atoms with Crippen molar-refractivity contribution in [3.63, 3.8) is 0 Å². The van der Waals surface area contributed by atoms with Gasteiger partial charge in [-0.15, -0.1) is 5.56 Å². The maximum Gasteiger partial charge on any atom is -0.0253 e. The normalized spacial score (nSPS) is 14.3. The second kappa shape index (κ2) is 18.0. The van der Waals surface area contributed by atoms with Crippen LogP contribution in [0.4, 0.5) is 26.3 Å². The monoisotopic (exact) mass is 694 g/mol. The van der Waals surface area contributed by atoms with Gasteiger partial charge in [0.2, 0.25) is 0 Å².